The maximum absolute atomic E-state index is 12.5. The molecular formula is C23H17NO2S. The van der Waals surface area contributed by atoms with Crippen LogP contribution in [0.1, 0.15) is 41.9 Å². The largest absolute Gasteiger partial charge is 0.355 e. The number of H-pyrrole nitrogens is 1. The SMILES string of the molecule is O=C(c1ccccc1)c1ccc(Cc2ccc(C(=O)c3ccccc3)s2)[nH]1. The molecule has 0 saturated heterocycles. The van der Waals surface area contributed by atoms with E-state index in [0.717, 1.165) is 15.4 Å². The Labute approximate surface area is 161 Å². The molecule has 1 N–H and O–H groups in total. The first kappa shape index (κ1) is 17.2. The molecule has 27 heavy (non-hydrogen) atoms. The second-order valence-electron chi connectivity index (χ2n) is 6.23. The number of aromatic nitrogens is 1. The lowest BCUT2D eigenvalue weighted by molar-refractivity contribution is 0.103. The van der Waals surface area contributed by atoms with Gasteiger partial charge in [0.25, 0.3) is 0 Å². The summed E-state index contributed by atoms with van der Waals surface area (Å²) in [6.07, 6.45) is 0.662. The number of carbonyl (C=O) groups excluding carboxylic acids is 2. The van der Waals surface area contributed by atoms with Gasteiger partial charge in [0.15, 0.2) is 0 Å². The third-order valence-corrected chi connectivity index (χ3v) is 5.40. The van der Waals surface area contributed by atoms with Gasteiger partial charge in [-0.05, 0) is 24.3 Å². The summed E-state index contributed by atoms with van der Waals surface area (Å²) in [6.45, 7) is 0. The van der Waals surface area contributed by atoms with Crippen LogP contribution >= 0.6 is 11.3 Å². The van der Waals surface area contributed by atoms with Crippen molar-refractivity contribution in [3.63, 3.8) is 0 Å². The molecule has 0 fully saturated rings. The Hall–Kier alpha value is -3.24. The van der Waals surface area contributed by atoms with Crippen LogP contribution in [0.3, 0.4) is 0 Å². The molecule has 4 heteroatoms. The van der Waals surface area contributed by atoms with E-state index in [0.29, 0.717) is 23.2 Å². The van der Waals surface area contributed by atoms with Crippen molar-refractivity contribution in [3.8, 4) is 0 Å². The van der Waals surface area contributed by atoms with Crippen molar-refractivity contribution in [1.82, 2.24) is 4.98 Å². The summed E-state index contributed by atoms with van der Waals surface area (Å²) in [7, 11) is 0. The van der Waals surface area contributed by atoms with E-state index in [2.05, 4.69) is 4.98 Å². The average molecular weight is 371 g/mol. The molecule has 0 atom stereocenters. The molecule has 0 aliphatic heterocycles. The number of benzene rings is 2. The van der Waals surface area contributed by atoms with Gasteiger partial charge in [-0.15, -0.1) is 11.3 Å². The van der Waals surface area contributed by atoms with Crippen LogP contribution in [-0.2, 0) is 6.42 Å². The van der Waals surface area contributed by atoms with E-state index < -0.39 is 0 Å². The molecule has 0 amide bonds. The van der Waals surface area contributed by atoms with Gasteiger partial charge in [0.05, 0.1) is 10.6 Å². The first-order chi connectivity index (χ1) is 13.2. The molecule has 3 nitrogen and oxygen atoms in total. The molecule has 2 aromatic heterocycles. The lowest BCUT2D eigenvalue weighted by atomic mass is 10.1. The second-order valence-corrected chi connectivity index (χ2v) is 7.40. The molecule has 2 heterocycles. The summed E-state index contributed by atoms with van der Waals surface area (Å²) < 4.78 is 0. The van der Waals surface area contributed by atoms with E-state index in [1.54, 1.807) is 0 Å². The zero-order valence-electron chi connectivity index (χ0n) is 14.5. The number of hydrogen-bond acceptors (Lipinski definition) is 3. The van der Waals surface area contributed by atoms with Gasteiger partial charge in [-0.1, -0.05) is 60.7 Å². The van der Waals surface area contributed by atoms with Crippen LogP contribution in [0, 0.1) is 0 Å². The Kier molecular flexibility index (Phi) is 4.81. The molecule has 0 unspecified atom stereocenters. The van der Waals surface area contributed by atoms with Crippen molar-refractivity contribution in [3.05, 3.63) is 117 Å². The smallest absolute Gasteiger partial charge is 0.209 e. The Balaban J connectivity index is 1.48. The first-order valence-corrected chi connectivity index (χ1v) is 9.48. The van der Waals surface area contributed by atoms with E-state index in [9.17, 15) is 9.59 Å². The molecule has 0 saturated carbocycles. The second kappa shape index (κ2) is 7.56. The Morgan fingerprint density at radius 1 is 0.704 bits per heavy atom. The monoisotopic (exact) mass is 371 g/mol. The van der Waals surface area contributed by atoms with E-state index in [1.165, 1.54) is 11.3 Å². The number of thiophene rings is 1. The van der Waals surface area contributed by atoms with Crippen LogP contribution in [0.15, 0.2) is 84.9 Å². The minimum absolute atomic E-state index is 0.0204. The number of ketones is 2. The number of nitrogens with one attached hydrogen (secondary N) is 1. The van der Waals surface area contributed by atoms with Gasteiger partial charge < -0.3 is 4.98 Å². The van der Waals surface area contributed by atoms with Crippen molar-refractivity contribution in [1.29, 1.82) is 0 Å². The highest BCUT2D eigenvalue weighted by Gasteiger charge is 2.14. The van der Waals surface area contributed by atoms with E-state index in [1.807, 2.05) is 84.9 Å². The highest BCUT2D eigenvalue weighted by molar-refractivity contribution is 7.14. The molecule has 4 aromatic rings. The zero-order chi connectivity index (χ0) is 18.6. The molecule has 4 rings (SSSR count). The average Bonchev–Trinajstić information content (AvgIpc) is 3.38. The number of hydrogen-bond donors (Lipinski definition) is 1. The fourth-order valence-corrected chi connectivity index (χ4v) is 3.93. The molecule has 0 aliphatic carbocycles. The van der Waals surface area contributed by atoms with Crippen LogP contribution in [0.25, 0.3) is 0 Å². The van der Waals surface area contributed by atoms with Gasteiger partial charge in [-0.25, -0.2) is 0 Å². The van der Waals surface area contributed by atoms with Crippen LogP contribution in [-0.4, -0.2) is 16.6 Å². The standard InChI is InChI=1S/C23H17NO2S/c25-22(16-7-3-1-4-8-16)20-13-11-18(24-20)15-19-12-14-21(27-19)23(26)17-9-5-2-6-10-17/h1-14,24H,15H2. The van der Waals surface area contributed by atoms with Crippen molar-refractivity contribution >= 4 is 22.9 Å². The Morgan fingerprint density at radius 3 is 2.00 bits per heavy atom. The predicted octanol–water partition coefficient (Wildman–Crippen LogP) is 5.13. The van der Waals surface area contributed by atoms with Gasteiger partial charge in [-0.3, -0.25) is 9.59 Å². The van der Waals surface area contributed by atoms with Gasteiger partial charge in [0.2, 0.25) is 11.6 Å². The number of aromatic amines is 1. The van der Waals surface area contributed by atoms with E-state index in [-0.39, 0.29) is 11.6 Å². The normalized spacial score (nSPS) is 10.7. The molecule has 132 valence electrons. The quantitative estimate of drug-likeness (QED) is 0.478. The molecule has 2 aromatic carbocycles. The van der Waals surface area contributed by atoms with Crippen LogP contribution in [0.4, 0.5) is 0 Å². The van der Waals surface area contributed by atoms with Crippen LogP contribution < -0.4 is 0 Å². The van der Waals surface area contributed by atoms with Crippen molar-refractivity contribution in [2.75, 3.05) is 0 Å². The molecular weight excluding hydrogens is 354 g/mol. The maximum atomic E-state index is 12.5. The van der Waals surface area contributed by atoms with Gasteiger partial charge in [0.1, 0.15) is 0 Å². The minimum atomic E-state index is -0.0204. The van der Waals surface area contributed by atoms with Crippen molar-refractivity contribution < 1.29 is 9.59 Å². The lowest BCUT2D eigenvalue weighted by Gasteiger charge is -1.99. The maximum Gasteiger partial charge on any atom is 0.209 e. The fourth-order valence-electron chi connectivity index (χ4n) is 2.94. The summed E-state index contributed by atoms with van der Waals surface area (Å²) in [6, 6.07) is 26.1. The Bertz CT molecular complexity index is 990. The molecule has 0 spiro atoms. The highest BCUT2D eigenvalue weighted by Crippen LogP contribution is 2.23. The van der Waals surface area contributed by atoms with E-state index >= 15 is 0 Å². The molecule has 0 aliphatic rings. The highest BCUT2D eigenvalue weighted by atomic mass is 32.1. The summed E-state index contributed by atoms with van der Waals surface area (Å²) in [5.41, 5.74) is 2.89. The summed E-state index contributed by atoms with van der Waals surface area (Å²) in [4.78, 5) is 30.0. The van der Waals surface area contributed by atoms with Crippen molar-refractivity contribution in [2.24, 2.45) is 0 Å². The molecule has 0 radical (unpaired) electrons. The first-order valence-electron chi connectivity index (χ1n) is 8.67. The van der Waals surface area contributed by atoms with Crippen LogP contribution in [0.2, 0.25) is 0 Å². The topological polar surface area (TPSA) is 49.9 Å². The van der Waals surface area contributed by atoms with Crippen molar-refractivity contribution in [2.45, 2.75) is 6.42 Å². The lowest BCUT2D eigenvalue weighted by Crippen LogP contribution is -2.01. The zero-order valence-corrected chi connectivity index (χ0v) is 15.3. The van der Waals surface area contributed by atoms with Gasteiger partial charge in [0, 0.05) is 28.1 Å². The fraction of sp³-hybridized carbons (Fsp3) is 0.0435. The third-order valence-electron chi connectivity index (χ3n) is 4.31. The summed E-state index contributed by atoms with van der Waals surface area (Å²) >= 11 is 1.49. The predicted molar refractivity (Wildman–Crippen MR) is 108 cm³/mol. The minimum Gasteiger partial charge on any atom is -0.355 e. The summed E-state index contributed by atoms with van der Waals surface area (Å²) in [5.74, 6) is 0.0197. The summed E-state index contributed by atoms with van der Waals surface area (Å²) in [5, 5.41) is 0. The number of carbonyl (C=O) groups is 2. The van der Waals surface area contributed by atoms with Crippen LogP contribution in [0.5, 0.6) is 0 Å². The third kappa shape index (κ3) is 3.81. The number of rotatable bonds is 6. The van der Waals surface area contributed by atoms with E-state index in [4.69, 9.17) is 0 Å². The molecule has 0 bridgehead atoms. The van der Waals surface area contributed by atoms with Gasteiger partial charge >= 0.3 is 0 Å². The Morgan fingerprint density at radius 2 is 1.33 bits per heavy atom. The van der Waals surface area contributed by atoms with Gasteiger partial charge in [-0.2, -0.15) is 0 Å².